The second kappa shape index (κ2) is 6.14. The molecule has 0 saturated heterocycles. The summed E-state index contributed by atoms with van der Waals surface area (Å²) >= 11 is 11.7. The van der Waals surface area contributed by atoms with Gasteiger partial charge in [-0.25, -0.2) is 9.69 Å². The van der Waals surface area contributed by atoms with E-state index in [4.69, 9.17) is 33.7 Å². The van der Waals surface area contributed by atoms with E-state index in [1.54, 1.807) is 12.1 Å². The van der Waals surface area contributed by atoms with Crippen molar-refractivity contribution in [3.05, 3.63) is 63.1 Å². The Morgan fingerprint density at radius 1 is 1.08 bits per heavy atom. The molecule has 0 bridgehead atoms. The molecule has 2 amide bonds. The number of nitrogen functional groups attached to an aromatic ring is 1. The number of esters is 1. The zero-order chi connectivity index (χ0) is 17.4. The third kappa shape index (κ3) is 2.70. The fourth-order valence-electron chi connectivity index (χ4n) is 2.31. The highest BCUT2D eigenvalue weighted by Crippen LogP contribution is 2.28. The number of benzene rings is 2. The third-order valence-electron chi connectivity index (χ3n) is 3.52. The Morgan fingerprint density at radius 3 is 2.25 bits per heavy atom. The van der Waals surface area contributed by atoms with Gasteiger partial charge in [0.2, 0.25) is 0 Å². The van der Waals surface area contributed by atoms with Crippen molar-refractivity contribution in [2.75, 3.05) is 12.5 Å². The molecular weight excluding hydrogens is 355 g/mol. The van der Waals surface area contributed by atoms with Gasteiger partial charge in [0.25, 0.3) is 11.8 Å². The summed E-state index contributed by atoms with van der Waals surface area (Å²) in [6.07, 6.45) is 0. The van der Waals surface area contributed by atoms with E-state index in [9.17, 15) is 14.4 Å². The summed E-state index contributed by atoms with van der Waals surface area (Å²) in [5, 5.41) is 0.317. The molecule has 2 aromatic carbocycles. The molecule has 3 rings (SSSR count). The molecule has 1 aliphatic rings. The molecule has 0 spiro atoms. The molecule has 24 heavy (non-hydrogen) atoms. The van der Waals surface area contributed by atoms with E-state index < -0.39 is 24.5 Å². The highest BCUT2D eigenvalue weighted by atomic mass is 35.5. The van der Waals surface area contributed by atoms with Crippen LogP contribution < -0.4 is 5.73 Å². The number of ether oxygens (including phenoxy) is 1. The Labute approximate surface area is 146 Å². The molecule has 0 saturated carbocycles. The second-order valence-electron chi connectivity index (χ2n) is 4.99. The Hall–Kier alpha value is -2.57. The highest BCUT2D eigenvalue weighted by molar-refractivity contribution is 6.37. The number of hydrogen-bond donors (Lipinski definition) is 1. The number of carbonyl (C=O) groups excluding carboxylic acids is 3. The summed E-state index contributed by atoms with van der Waals surface area (Å²) in [5.41, 5.74) is 6.23. The van der Waals surface area contributed by atoms with Crippen molar-refractivity contribution in [2.45, 2.75) is 0 Å². The SMILES string of the molecule is Nc1c(Cl)cc(Cl)cc1C(=O)OCN1C(=O)c2ccccc2C1=O. The Balaban J connectivity index is 1.77. The Bertz CT molecular complexity index is 847. The molecule has 6 nitrogen and oxygen atoms in total. The van der Waals surface area contributed by atoms with Gasteiger partial charge in [0.05, 0.1) is 27.4 Å². The maximum absolute atomic E-state index is 12.2. The lowest BCUT2D eigenvalue weighted by atomic mass is 10.1. The molecule has 8 heteroatoms. The molecule has 0 radical (unpaired) electrons. The van der Waals surface area contributed by atoms with Gasteiger partial charge in [-0.3, -0.25) is 9.59 Å². The molecular formula is C16H10Cl2N2O4. The van der Waals surface area contributed by atoms with E-state index in [2.05, 4.69) is 0 Å². The molecule has 0 atom stereocenters. The van der Waals surface area contributed by atoms with Gasteiger partial charge in [-0.05, 0) is 24.3 Å². The average Bonchev–Trinajstić information content (AvgIpc) is 2.80. The molecule has 1 aliphatic heterocycles. The number of fused-ring (bicyclic) bond motifs is 1. The number of hydrogen-bond acceptors (Lipinski definition) is 5. The molecule has 0 aromatic heterocycles. The summed E-state index contributed by atoms with van der Waals surface area (Å²) < 4.78 is 5.02. The zero-order valence-corrected chi connectivity index (χ0v) is 13.6. The second-order valence-corrected chi connectivity index (χ2v) is 5.84. The first-order valence-corrected chi connectivity index (χ1v) is 7.52. The largest absolute Gasteiger partial charge is 0.440 e. The zero-order valence-electron chi connectivity index (χ0n) is 12.1. The standard InChI is InChI=1S/C16H10Cl2N2O4/c17-8-5-11(13(19)12(18)6-8)16(23)24-7-20-14(21)9-3-1-2-4-10(9)15(20)22/h1-6H,7,19H2. The van der Waals surface area contributed by atoms with E-state index in [1.165, 1.54) is 24.3 Å². The van der Waals surface area contributed by atoms with E-state index >= 15 is 0 Å². The monoisotopic (exact) mass is 364 g/mol. The maximum atomic E-state index is 12.2. The van der Waals surface area contributed by atoms with Crippen molar-refractivity contribution >= 4 is 46.7 Å². The van der Waals surface area contributed by atoms with Gasteiger partial charge in [-0.15, -0.1) is 0 Å². The summed E-state index contributed by atoms with van der Waals surface area (Å²) in [6.45, 7) is -0.533. The van der Waals surface area contributed by atoms with Crippen molar-refractivity contribution in [1.29, 1.82) is 0 Å². The fourth-order valence-corrected chi connectivity index (χ4v) is 2.80. The van der Waals surface area contributed by atoms with Crippen molar-refractivity contribution in [3.8, 4) is 0 Å². The minimum absolute atomic E-state index is 0.00780. The van der Waals surface area contributed by atoms with Crippen LogP contribution in [0, 0.1) is 0 Å². The number of imide groups is 1. The van der Waals surface area contributed by atoms with Gasteiger partial charge >= 0.3 is 5.97 Å². The maximum Gasteiger partial charge on any atom is 0.342 e. The van der Waals surface area contributed by atoms with E-state index in [0.717, 1.165) is 4.90 Å². The summed E-state index contributed by atoms with van der Waals surface area (Å²) in [6, 6.07) is 9.05. The minimum Gasteiger partial charge on any atom is -0.440 e. The van der Waals surface area contributed by atoms with Gasteiger partial charge in [0.1, 0.15) is 0 Å². The number of anilines is 1. The first kappa shape index (κ1) is 16.3. The Morgan fingerprint density at radius 2 is 1.67 bits per heavy atom. The van der Waals surface area contributed by atoms with Crippen LogP contribution in [0.2, 0.25) is 10.0 Å². The molecule has 0 aliphatic carbocycles. The number of amides is 2. The normalized spacial score (nSPS) is 13.2. The molecule has 122 valence electrons. The number of halogens is 2. The summed E-state index contributed by atoms with van der Waals surface area (Å²) in [7, 11) is 0. The number of nitrogens with zero attached hydrogens (tertiary/aromatic N) is 1. The quantitative estimate of drug-likeness (QED) is 0.513. The minimum atomic E-state index is -0.839. The summed E-state index contributed by atoms with van der Waals surface area (Å²) in [4.78, 5) is 37.3. The summed E-state index contributed by atoms with van der Waals surface area (Å²) in [5.74, 6) is -1.89. The number of carbonyl (C=O) groups is 3. The lowest BCUT2D eigenvalue weighted by molar-refractivity contribution is 0.0229. The third-order valence-corrected chi connectivity index (χ3v) is 4.05. The van der Waals surface area contributed by atoms with Crippen LogP contribution >= 0.6 is 23.2 Å². The lowest BCUT2D eigenvalue weighted by Gasteiger charge is -2.15. The van der Waals surface area contributed by atoms with E-state index in [-0.39, 0.29) is 32.4 Å². The van der Waals surface area contributed by atoms with Crippen LogP contribution in [-0.4, -0.2) is 29.4 Å². The molecule has 2 N–H and O–H groups in total. The van der Waals surface area contributed by atoms with Crippen LogP contribution in [0.4, 0.5) is 5.69 Å². The molecule has 2 aromatic rings. The molecule has 1 heterocycles. The Kier molecular flexibility index (Phi) is 4.17. The van der Waals surface area contributed by atoms with Crippen molar-refractivity contribution in [3.63, 3.8) is 0 Å². The average molecular weight is 365 g/mol. The van der Waals surface area contributed by atoms with Gasteiger partial charge in [-0.1, -0.05) is 35.3 Å². The van der Waals surface area contributed by atoms with Gasteiger partial charge in [0.15, 0.2) is 6.73 Å². The van der Waals surface area contributed by atoms with Crippen LogP contribution in [-0.2, 0) is 4.74 Å². The topological polar surface area (TPSA) is 89.7 Å². The molecule has 0 unspecified atom stereocenters. The molecule has 0 fully saturated rings. The first-order valence-electron chi connectivity index (χ1n) is 6.77. The van der Waals surface area contributed by atoms with Gasteiger partial charge in [0, 0.05) is 5.02 Å². The van der Waals surface area contributed by atoms with E-state index in [0.29, 0.717) is 0 Å². The van der Waals surface area contributed by atoms with Crippen LogP contribution in [0.5, 0.6) is 0 Å². The smallest absolute Gasteiger partial charge is 0.342 e. The fraction of sp³-hybridized carbons (Fsp3) is 0.0625. The van der Waals surface area contributed by atoms with Crippen LogP contribution in [0.15, 0.2) is 36.4 Å². The van der Waals surface area contributed by atoms with Crippen LogP contribution in [0.25, 0.3) is 0 Å². The van der Waals surface area contributed by atoms with E-state index in [1.807, 2.05) is 0 Å². The van der Waals surface area contributed by atoms with Crippen molar-refractivity contribution in [1.82, 2.24) is 4.90 Å². The predicted octanol–water partition coefficient (Wildman–Crippen LogP) is 2.99. The van der Waals surface area contributed by atoms with Crippen molar-refractivity contribution in [2.24, 2.45) is 0 Å². The highest BCUT2D eigenvalue weighted by Gasteiger charge is 2.35. The van der Waals surface area contributed by atoms with Gasteiger partial charge < -0.3 is 10.5 Å². The first-order chi connectivity index (χ1) is 11.4. The van der Waals surface area contributed by atoms with Crippen LogP contribution in [0.1, 0.15) is 31.1 Å². The number of nitrogens with two attached hydrogens (primary N) is 1. The van der Waals surface area contributed by atoms with Crippen molar-refractivity contribution < 1.29 is 19.1 Å². The van der Waals surface area contributed by atoms with Gasteiger partial charge in [-0.2, -0.15) is 0 Å². The number of rotatable bonds is 3. The predicted molar refractivity (Wildman–Crippen MR) is 88.1 cm³/mol. The van der Waals surface area contributed by atoms with Crippen LogP contribution in [0.3, 0.4) is 0 Å². The lowest BCUT2D eigenvalue weighted by Crippen LogP contribution is -2.33.